The lowest BCUT2D eigenvalue weighted by Crippen LogP contribution is -1.82. The van der Waals surface area contributed by atoms with E-state index in [1.54, 1.807) is 0 Å². The van der Waals surface area contributed by atoms with Crippen LogP contribution in [0.25, 0.3) is 5.52 Å². The second-order valence-electron chi connectivity index (χ2n) is 2.49. The van der Waals surface area contributed by atoms with Crippen molar-refractivity contribution in [3.05, 3.63) is 30.9 Å². The molecule has 0 amide bonds. The van der Waals surface area contributed by atoms with Gasteiger partial charge in [0.15, 0.2) is 0 Å². The SMILES string of the molecule is CCSc1cccn2cncc12. The van der Waals surface area contributed by atoms with Crippen molar-refractivity contribution < 1.29 is 0 Å². The van der Waals surface area contributed by atoms with Crippen molar-refractivity contribution in [2.75, 3.05) is 5.75 Å². The maximum absolute atomic E-state index is 4.09. The summed E-state index contributed by atoms with van der Waals surface area (Å²) < 4.78 is 2.04. The molecule has 0 bridgehead atoms. The Morgan fingerprint density at radius 3 is 3.33 bits per heavy atom. The minimum absolute atomic E-state index is 1.10. The van der Waals surface area contributed by atoms with Gasteiger partial charge in [-0.2, -0.15) is 0 Å². The highest BCUT2D eigenvalue weighted by molar-refractivity contribution is 7.99. The summed E-state index contributed by atoms with van der Waals surface area (Å²) in [6.07, 6.45) is 5.75. The van der Waals surface area contributed by atoms with Crippen molar-refractivity contribution in [3.8, 4) is 0 Å². The maximum atomic E-state index is 4.09. The van der Waals surface area contributed by atoms with E-state index in [0.29, 0.717) is 0 Å². The van der Waals surface area contributed by atoms with Crippen LogP contribution in [0.5, 0.6) is 0 Å². The number of pyridine rings is 1. The highest BCUT2D eigenvalue weighted by atomic mass is 32.2. The molecular formula is C9H10N2S. The molecule has 0 N–H and O–H groups in total. The van der Waals surface area contributed by atoms with Crippen LogP contribution in [0.4, 0.5) is 0 Å². The van der Waals surface area contributed by atoms with Gasteiger partial charge in [0, 0.05) is 11.1 Å². The second kappa shape index (κ2) is 3.19. The van der Waals surface area contributed by atoms with E-state index >= 15 is 0 Å². The molecule has 3 heteroatoms. The van der Waals surface area contributed by atoms with E-state index in [-0.39, 0.29) is 0 Å². The van der Waals surface area contributed by atoms with E-state index in [2.05, 4.69) is 18.0 Å². The van der Waals surface area contributed by atoms with Crippen molar-refractivity contribution in [2.45, 2.75) is 11.8 Å². The van der Waals surface area contributed by atoms with Gasteiger partial charge < -0.3 is 4.40 Å². The van der Waals surface area contributed by atoms with Gasteiger partial charge in [-0.3, -0.25) is 0 Å². The molecule has 0 atom stereocenters. The van der Waals surface area contributed by atoms with E-state index in [9.17, 15) is 0 Å². The van der Waals surface area contributed by atoms with Crippen molar-refractivity contribution in [2.24, 2.45) is 0 Å². The van der Waals surface area contributed by atoms with Crippen LogP contribution in [0.15, 0.2) is 35.7 Å². The van der Waals surface area contributed by atoms with Gasteiger partial charge in [0.1, 0.15) is 0 Å². The van der Waals surface area contributed by atoms with E-state index in [1.165, 1.54) is 10.4 Å². The Morgan fingerprint density at radius 2 is 2.50 bits per heavy atom. The molecule has 12 heavy (non-hydrogen) atoms. The van der Waals surface area contributed by atoms with Crippen molar-refractivity contribution in [3.63, 3.8) is 0 Å². The first-order chi connectivity index (χ1) is 5.92. The lowest BCUT2D eigenvalue weighted by atomic mass is 10.4. The van der Waals surface area contributed by atoms with Crippen molar-refractivity contribution in [1.82, 2.24) is 9.38 Å². The van der Waals surface area contributed by atoms with E-state index in [1.807, 2.05) is 40.9 Å². The number of fused-ring (bicyclic) bond motifs is 1. The molecule has 2 aromatic heterocycles. The molecule has 2 rings (SSSR count). The highest BCUT2D eigenvalue weighted by Crippen LogP contribution is 2.22. The zero-order chi connectivity index (χ0) is 8.39. The first-order valence-corrected chi connectivity index (χ1v) is 4.94. The molecule has 0 aliphatic carbocycles. The molecule has 2 nitrogen and oxygen atoms in total. The van der Waals surface area contributed by atoms with E-state index in [0.717, 1.165) is 5.75 Å². The first kappa shape index (κ1) is 7.68. The molecule has 0 aliphatic heterocycles. The number of nitrogens with zero attached hydrogens (tertiary/aromatic N) is 2. The van der Waals surface area contributed by atoms with Crippen molar-refractivity contribution in [1.29, 1.82) is 0 Å². The van der Waals surface area contributed by atoms with Gasteiger partial charge >= 0.3 is 0 Å². The van der Waals surface area contributed by atoms with Crippen LogP contribution in [0, 0.1) is 0 Å². The summed E-state index contributed by atoms with van der Waals surface area (Å²) in [6.45, 7) is 2.16. The molecule has 0 saturated heterocycles. The molecule has 0 aromatic carbocycles. The topological polar surface area (TPSA) is 17.3 Å². The molecule has 62 valence electrons. The van der Waals surface area contributed by atoms with Crippen LogP contribution in [0.2, 0.25) is 0 Å². The third kappa shape index (κ3) is 1.20. The largest absolute Gasteiger partial charge is 0.305 e. The molecule has 0 radical (unpaired) electrons. The summed E-state index contributed by atoms with van der Waals surface area (Å²) in [7, 11) is 0. The molecule has 0 spiro atoms. The number of thioether (sulfide) groups is 1. The van der Waals surface area contributed by atoms with Crippen molar-refractivity contribution >= 4 is 17.3 Å². The van der Waals surface area contributed by atoms with Crippen LogP contribution in [-0.4, -0.2) is 15.1 Å². The fraction of sp³-hybridized carbons (Fsp3) is 0.222. The number of hydrogen-bond acceptors (Lipinski definition) is 2. The highest BCUT2D eigenvalue weighted by Gasteiger charge is 1.98. The molecule has 0 fully saturated rings. The predicted molar refractivity (Wildman–Crippen MR) is 51.6 cm³/mol. The van der Waals surface area contributed by atoms with E-state index < -0.39 is 0 Å². The summed E-state index contributed by atoms with van der Waals surface area (Å²) in [4.78, 5) is 5.40. The number of aromatic nitrogens is 2. The molecule has 0 saturated carbocycles. The van der Waals surface area contributed by atoms with Gasteiger partial charge in [-0.15, -0.1) is 11.8 Å². The predicted octanol–water partition coefficient (Wildman–Crippen LogP) is 2.45. The Balaban J connectivity index is 2.57. The summed E-state index contributed by atoms with van der Waals surface area (Å²) in [5, 5.41) is 0. The third-order valence-electron chi connectivity index (χ3n) is 1.71. The quantitative estimate of drug-likeness (QED) is 0.657. The number of imidazole rings is 1. The maximum Gasteiger partial charge on any atom is 0.0992 e. The summed E-state index contributed by atoms with van der Waals surface area (Å²) >= 11 is 1.85. The molecule has 0 aliphatic rings. The zero-order valence-corrected chi connectivity index (χ0v) is 7.71. The summed E-state index contributed by atoms with van der Waals surface area (Å²) in [5.74, 6) is 1.10. The minimum Gasteiger partial charge on any atom is -0.305 e. The van der Waals surface area contributed by atoms with Crippen LogP contribution < -0.4 is 0 Å². The molecular weight excluding hydrogens is 168 g/mol. The van der Waals surface area contributed by atoms with Crippen LogP contribution in [0.3, 0.4) is 0 Å². The second-order valence-corrected chi connectivity index (χ2v) is 3.80. The standard InChI is InChI=1S/C9H10N2S/c1-2-12-9-4-3-5-11-7-10-6-8(9)11/h3-7H,2H2,1H3. The third-order valence-corrected chi connectivity index (χ3v) is 2.66. The molecule has 0 unspecified atom stereocenters. The molecule has 2 aromatic rings. The zero-order valence-electron chi connectivity index (χ0n) is 6.90. The fourth-order valence-electron chi connectivity index (χ4n) is 1.20. The average Bonchev–Trinajstić information content (AvgIpc) is 2.53. The van der Waals surface area contributed by atoms with Crippen LogP contribution in [-0.2, 0) is 0 Å². The number of hydrogen-bond donors (Lipinski definition) is 0. The van der Waals surface area contributed by atoms with Crippen LogP contribution in [0.1, 0.15) is 6.92 Å². The molecule has 2 heterocycles. The Bertz CT molecular complexity index is 381. The summed E-state index contributed by atoms with van der Waals surface area (Å²) in [5.41, 5.74) is 1.20. The smallest absolute Gasteiger partial charge is 0.0992 e. The fourth-order valence-corrected chi connectivity index (χ4v) is 1.99. The monoisotopic (exact) mass is 178 g/mol. The van der Waals surface area contributed by atoms with Crippen LogP contribution >= 0.6 is 11.8 Å². The lowest BCUT2D eigenvalue weighted by molar-refractivity contribution is 1.13. The van der Waals surface area contributed by atoms with Gasteiger partial charge in [0.25, 0.3) is 0 Å². The Morgan fingerprint density at radius 1 is 1.58 bits per heavy atom. The van der Waals surface area contributed by atoms with Gasteiger partial charge in [-0.1, -0.05) is 6.92 Å². The normalized spacial score (nSPS) is 10.8. The van der Waals surface area contributed by atoms with E-state index in [4.69, 9.17) is 0 Å². The van der Waals surface area contributed by atoms with Gasteiger partial charge in [-0.05, 0) is 17.9 Å². The van der Waals surface area contributed by atoms with Gasteiger partial charge in [0.2, 0.25) is 0 Å². The Kier molecular flexibility index (Phi) is 2.04. The number of rotatable bonds is 2. The van der Waals surface area contributed by atoms with Gasteiger partial charge in [0.05, 0.1) is 18.0 Å². The summed E-state index contributed by atoms with van der Waals surface area (Å²) in [6, 6.07) is 4.18. The lowest BCUT2D eigenvalue weighted by Gasteiger charge is -2.00. The first-order valence-electron chi connectivity index (χ1n) is 3.95. The Hall–Kier alpha value is -0.960. The average molecular weight is 178 g/mol. The van der Waals surface area contributed by atoms with Gasteiger partial charge in [-0.25, -0.2) is 4.98 Å². The minimum atomic E-state index is 1.10. The Labute approximate surface area is 75.6 Å².